The second-order valence-corrected chi connectivity index (χ2v) is 7.10. The van der Waals surface area contributed by atoms with Gasteiger partial charge in [0, 0.05) is 23.7 Å². The van der Waals surface area contributed by atoms with E-state index in [1.54, 1.807) is 49.4 Å². The Morgan fingerprint density at radius 1 is 0.966 bits per heavy atom. The van der Waals surface area contributed by atoms with Crippen LogP contribution in [-0.4, -0.2) is 22.0 Å². The topological polar surface area (TPSA) is 97.1 Å². The van der Waals surface area contributed by atoms with Gasteiger partial charge in [0.1, 0.15) is 0 Å². The number of aromatic nitrogens is 2. The first-order chi connectivity index (χ1) is 14.1. The first kappa shape index (κ1) is 18.6. The van der Waals surface area contributed by atoms with Gasteiger partial charge in [0.05, 0.1) is 10.6 Å². The molecule has 0 saturated heterocycles. The van der Waals surface area contributed by atoms with E-state index in [4.69, 9.17) is 4.52 Å². The monoisotopic (exact) mass is 404 g/mol. The van der Waals surface area contributed by atoms with Gasteiger partial charge < -0.3 is 15.2 Å². The Labute approximate surface area is 170 Å². The zero-order valence-corrected chi connectivity index (χ0v) is 16.2. The predicted octanol–water partition coefficient (Wildman–Crippen LogP) is 4.61. The van der Waals surface area contributed by atoms with Crippen molar-refractivity contribution in [2.75, 3.05) is 10.6 Å². The highest BCUT2D eigenvalue weighted by atomic mass is 32.1. The second-order valence-electron chi connectivity index (χ2n) is 6.15. The number of hydrogen-bond donors (Lipinski definition) is 2. The van der Waals surface area contributed by atoms with Crippen LogP contribution in [0.2, 0.25) is 0 Å². The molecule has 144 valence electrons. The van der Waals surface area contributed by atoms with E-state index in [0.717, 1.165) is 0 Å². The smallest absolute Gasteiger partial charge is 0.265 e. The number of rotatable bonds is 5. The fourth-order valence-electron chi connectivity index (χ4n) is 2.73. The van der Waals surface area contributed by atoms with Crippen molar-refractivity contribution in [1.82, 2.24) is 10.1 Å². The van der Waals surface area contributed by atoms with Gasteiger partial charge in [-0.1, -0.05) is 29.4 Å². The summed E-state index contributed by atoms with van der Waals surface area (Å²) in [6, 6.07) is 17.5. The summed E-state index contributed by atoms with van der Waals surface area (Å²) in [6.07, 6.45) is 0. The molecule has 0 saturated carbocycles. The summed E-state index contributed by atoms with van der Waals surface area (Å²) in [5.74, 6) is 0.311. The molecule has 0 aliphatic carbocycles. The molecular weight excluding hydrogens is 388 g/mol. The maximum atomic E-state index is 12.8. The lowest BCUT2D eigenvalue weighted by Gasteiger charge is -2.10. The number of thiophene rings is 1. The lowest BCUT2D eigenvalue weighted by Crippen LogP contribution is -2.14. The lowest BCUT2D eigenvalue weighted by molar-refractivity contribution is 0.101. The highest BCUT2D eigenvalue weighted by Gasteiger charge is 2.15. The molecule has 2 amide bonds. The van der Waals surface area contributed by atoms with Gasteiger partial charge in [0.15, 0.2) is 0 Å². The number of hydrogen-bond acceptors (Lipinski definition) is 6. The zero-order valence-electron chi connectivity index (χ0n) is 15.4. The molecule has 0 atom stereocenters. The van der Waals surface area contributed by atoms with Crippen LogP contribution in [0.1, 0.15) is 25.9 Å². The summed E-state index contributed by atoms with van der Waals surface area (Å²) in [6.45, 7) is 1.70. The van der Waals surface area contributed by atoms with Gasteiger partial charge in [0.2, 0.25) is 11.7 Å². The first-order valence-corrected chi connectivity index (χ1v) is 9.64. The van der Waals surface area contributed by atoms with E-state index in [-0.39, 0.29) is 11.8 Å². The lowest BCUT2D eigenvalue weighted by atomic mass is 10.1. The van der Waals surface area contributed by atoms with Crippen molar-refractivity contribution in [3.8, 4) is 11.4 Å². The van der Waals surface area contributed by atoms with E-state index >= 15 is 0 Å². The molecule has 0 unspecified atom stereocenters. The molecule has 0 aliphatic heterocycles. The Bertz CT molecular complexity index is 1170. The average molecular weight is 404 g/mol. The number of nitrogens with zero attached hydrogens (tertiary/aromatic N) is 2. The van der Waals surface area contributed by atoms with Gasteiger partial charge in [-0.15, -0.1) is 11.3 Å². The molecule has 2 aromatic heterocycles. The molecule has 0 fully saturated rings. The maximum absolute atomic E-state index is 12.8. The highest BCUT2D eigenvalue weighted by Crippen LogP contribution is 2.26. The second kappa shape index (κ2) is 8.07. The summed E-state index contributed by atoms with van der Waals surface area (Å²) in [5, 5.41) is 11.4. The van der Waals surface area contributed by atoms with E-state index in [1.807, 2.05) is 23.6 Å². The Kier molecular flexibility index (Phi) is 5.17. The zero-order chi connectivity index (χ0) is 20.2. The maximum Gasteiger partial charge on any atom is 0.265 e. The number of anilines is 2. The van der Waals surface area contributed by atoms with Gasteiger partial charge in [-0.2, -0.15) is 4.98 Å². The SMILES string of the molecule is Cc1nc(-c2ccccc2NC(=O)c2cccc(NC(=O)c3cccs3)c2)no1. The third-order valence-corrected chi connectivity index (χ3v) is 4.94. The van der Waals surface area contributed by atoms with Gasteiger partial charge in [-0.05, 0) is 41.8 Å². The van der Waals surface area contributed by atoms with Crippen LogP contribution in [0, 0.1) is 6.92 Å². The molecule has 0 aliphatic rings. The van der Waals surface area contributed by atoms with Gasteiger partial charge in [0.25, 0.3) is 11.8 Å². The number of aryl methyl sites for hydroxylation is 1. The number of para-hydroxylation sites is 1. The van der Waals surface area contributed by atoms with Crippen molar-refractivity contribution in [3.63, 3.8) is 0 Å². The Hall–Kier alpha value is -3.78. The molecule has 2 N–H and O–H groups in total. The van der Waals surface area contributed by atoms with Crippen molar-refractivity contribution in [3.05, 3.63) is 82.4 Å². The van der Waals surface area contributed by atoms with Crippen LogP contribution in [0.25, 0.3) is 11.4 Å². The minimum atomic E-state index is -0.315. The summed E-state index contributed by atoms with van der Waals surface area (Å²) in [4.78, 5) is 29.8. The minimum Gasteiger partial charge on any atom is -0.339 e. The summed E-state index contributed by atoms with van der Waals surface area (Å²) in [7, 11) is 0. The van der Waals surface area contributed by atoms with Crippen molar-refractivity contribution < 1.29 is 14.1 Å². The molecule has 2 aromatic carbocycles. The summed E-state index contributed by atoms with van der Waals surface area (Å²) < 4.78 is 5.03. The summed E-state index contributed by atoms with van der Waals surface area (Å²) >= 11 is 1.35. The minimum absolute atomic E-state index is 0.213. The fraction of sp³-hybridized carbons (Fsp3) is 0.0476. The largest absolute Gasteiger partial charge is 0.339 e. The third-order valence-electron chi connectivity index (χ3n) is 4.07. The van der Waals surface area contributed by atoms with Gasteiger partial charge in [-0.3, -0.25) is 9.59 Å². The average Bonchev–Trinajstić information content (AvgIpc) is 3.41. The normalized spacial score (nSPS) is 10.5. The van der Waals surface area contributed by atoms with E-state index in [0.29, 0.717) is 39.1 Å². The Morgan fingerprint density at radius 3 is 2.59 bits per heavy atom. The Morgan fingerprint density at radius 2 is 1.83 bits per heavy atom. The van der Waals surface area contributed by atoms with Gasteiger partial charge >= 0.3 is 0 Å². The van der Waals surface area contributed by atoms with Crippen molar-refractivity contribution in [2.24, 2.45) is 0 Å². The molecule has 0 bridgehead atoms. The number of carbonyl (C=O) groups is 2. The van der Waals surface area contributed by atoms with E-state index in [2.05, 4.69) is 20.8 Å². The van der Waals surface area contributed by atoms with Crippen LogP contribution in [0.3, 0.4) is 0 Å². The van der Waals surface area contributed by atoms with Crippen LogP contribution in [0.15, 0.2) is 70.6 Å². The molecule has 0 spiro atoms. The van der Waals surface area contributed by atoms with E-state index in [9.17, 15) is 9.59 Å². The molecule has 8 heteroatoms. The van der Waals surface area contributed by atoms with Crippen molar-refractivity contribution in [1.29, 1.82) is 0 Å². The predicted molar refractivity (Wildman–Crippen MR) is 111 cm³/mol. The molecule has 7 nitrogen and oxygen atoms in total. The number of amides is 2. The molecule has 4 aromatic rings. The van der Waals surface area contributed by atoms with Crippen LogP contribution in [0.4, 0.5) is 11.4 Å². The quantitative estimate of drug-likeness (QED) is 0.506. The Balaban J connectivity index is 1.53. The number of nitrogens with one attached hydrogen (secondary N) is 2. The van der Waals surface area contributed by atoms with Crippen molar-refractivity contribution >= 4 is 34.5 Å². The number of benzene rings is 2. The molecular formula is C21H16N4O3S. The van der Waals surface area contributed by atoms with Crippen LogP contribution in [-0.2, 0) is 0 Å². The van der Waals surface area contributed by atoms with E-state index in [1.165, 1.54) is 11.3 Å². The van der Waals surface area contributed by atoms with E-state index < -0.39 is 0 Å². The molecule has 29 heavy (non-hydrogen) atoms. The van der Waals surface area contributed by atoms with Gasteiger partial charge in [-0.25, -0.2) is 0 Å². The highest BCUT2D eigenvalue weighted by molar-refractivity contribution is 7.12. The third kappa shape index (κ3) is 4.22. The molecule has 4 rings (SSSR count). The molecule has 2 heterocycles. The standard InChI is InChI=1S/C21H16N4O3S/c1-13-22-19(25-28-13)16-8-2-3-9-17(16)24-20(26)14-6-4-7-15(12-14)23-21(27)18-10-5-11-29-18/h2-12H,1H3,(H,23,27)(H,24,26). The van der Waals surface area contributed by atoms with Crippen LogP contribution >= 0.6 is 11.3 Å². The molecule has 0 radical (unpaired) electrons. The number of carbonyl (C=O) groups excluding carboxylic acids is 2. The van der Waals surface area contributed by atoms with Crippen molar-refractivity contribution in [2.45, 2.75) is 6.92 Å². The fourth-order valence-corrected chi connectivity index (χ4v) is 3.35. The van der Waals surface area contributed by atoms with Crippen LogP contribution < -0.4 is 10.6 Å². The first-order valence-electron chi connectivity index (χ1n) is 8.76. The summed E-state index contributed by atoms with van der Waals surface area (Å²) in [5.41, 5.74) is 2.16. The van der Waals surface area contributed by atoms with Crippen LogP contribution in [0.5, 0.6) is 0 Å².